The standard InChI is InChI=1S/C15H19N3O3/c1-9(17-15(20)13-8-21-5-4-16-13)10-2-3-12-11(6-10)7-14(19)18-12/h2-3,6,9,13,16H,4-5,7-8H2,1H3,(H,17,20)(H,18,19)/t9-,13-/m0/s1. The Bertz CT molecular complexity index is 567. The molecule has 0 spiro atoms. The van der Waals surface area contributed by atoms with E-state index in [0.717, 1.165) is 16.8 Å². The third kappa shape index (κ3) is 3.06. The van der Waals surface area contributed by atoms with Gasteiger partial charge in [0, 0.05) is 12.2 Å². The highest BCUT2D eigenvalue weighted by Gasteiger charge is 2.24. The van der Waals surface area contributed by atoms with Gasteiger partial charge in [0.15, 0.2) is 0 Å². The number of hydrogen-bond donors (Lipinski definition) is 3. The van der Waals surface area contributed by atoms with Gasteiger partial charge in [0.05, 0.1) is 25.7 Å². The van der Waals surface area contributed by atoms with Crippen molar-refractivity contribution in [2.24, 2.45) is 0 Å². The molecule has 2 heterocycles. The first kappa shape index (κ1) is 14.0. The summed E-state index contributed by atoms with van der Waals surface area (Å²) in [5.74, 6) is -0.0423. The summed E-state index contributed by atoms with van der Waals surface area (Å²) < 4.78 is 5.29. The molecule has 21 heavy (non-hydrogen) atoms. The molecule has 3 N–H and O–H groups in total. The number of morpholine rings is 1. The van der Waals surface area contributed by atoms with Crippen LogP contribution in [-0.4, -0.2) is 37.6 Å². The normalized spacial score (nSPS) is 22.3. The van der Waals surface area contributed by atoms with Crippen LogP contribution in [0.5, 0.6) is 0 Å². The van der Waals surface area contributed by atoms with E-state index in [9.17, 15) is 9.59 Å². The molecule has 2 aliphatic heterocycles. The van der Waals surface area contributed by atoms with Crippen LogP contribution >= 0.6 is 0 Å². The molecule has 0 radical (unpaired) electrons. The monoisotopic (exact) mass is 289 g/mol. The SMILES string of the molecule is C[C@H](NC(=O)[C@@H]1COCCN1)c1ccc2c(c1)CC(=O)N2. The number of anilines is 1. The fourth-order valence-electron chi connectivity index (χ4n) is 2.65. The van der Waals surface area contributed by atoms with Gasteiger partial charge in [-0.15, -0.1) is 0 Å². The number of benzene rings is 1. The van der Waals surface area contributed by atoms with Crippen molar-refractivity contribution in [2.45, 2.75) is 25.4 Å². The van der Waals surface area contributed by atoms with Crippen LogP contribution in [0.4, 0.5) is 5.69 Å². The van der Waals surface area contributed by atoms with Crippen LogP contribution in [0, 0.1) is 0 Å². The van der Waals surface area contributed by atoms with Gasteiger partial charge in [-0.1, -0.05) is 12.1 Å². The van der Waals surface area contributed by atoms with Crippen LogP contribution < -0.4 is 16.0 Å². The van der Waals surface area contributed by atoms with Crippen LogP contribution in [0.15, 0.2) is 18.2 Å². The first-order valence-corrected chi connectivity index (χ1v) is 7.17. The fraction of sp³-hybridized carbons (Fsp3) is 0.467. The van der Waals surface area contributed by atoms with E-state index in [2.05, 4.69) is 16.0 Å². The van der Waals surface area contributed by atoms with Gasteiger partial charge >= 0.3 is 0 Å². The van der Waals surface area contributed by atoms with Crippen molar-refractivity contribution in [1.29, 1.82) is 0 Å². The van der Waals surface area contributed by atoms with E-state index in [4.69, 9.17) is 4.74 Å². The van der Waals surface area contributed by atoms with Crippen LogP contribution in [0.1, 0.15) is 24.1 Å². The minimum absolute atomic E-state index is 0.0161. The molecule has 0 saturated carbocycles. The first-order valence-electron chi connectivity index (χ1n) is 7.17. The van der Waals surface area contributed by atoms with Gasteiger partial charge in [-0.3, -0.25) is 9.59 Å². The molecular formula is C15H19N3O3. The van der Waals surface area contributed by atoms with Gasteiger partial charge in [0.1, 0.15) is 6.04 Å². The summed E-state index contributed by atoms with van der Waals surface area (Å²) >= 11 is 0. The second kappa shape index (κ2) is 5.83. The average molecular weight is 289 g/mol. The maximum atomic E-state index is 12.1. The molecule has 1 fully saturated rings. The molecule has 1 aromatic rings. The van der Waals surface area contributed by atoms with Crippen LogP contribution in [0.2, 0.25) is 0 Å². The van der Waals surface area contributed by atoms with E-state index >= 15 is 0 Å². The van der Waals surface area contributed by atoms with E-state index in [-0.39, 0.29) is 23.9 Å². The van der Waals surface area contributed by atoms with Crippen LogP contribution in [-0.2, 0) is 20.7 Å². The largest absolute Gasteiger partial charge is 0.378 e. The minimum atomic E-state index is -0.293. The quantitative estimate of drug-likeness (QED) is 0.750. The first-order chi connectivity index (χ1) is 10.1. The molecule has 0 unspecified atom stereocenters. The Kier molecular flexibility index (Phi) is 3.90. The predicted octanol–water partition coefficient (Wildman–Crippen LogP) is 0.347. The maximum Gasteiger partial charge on any atom is 0.240 e. The van der Waals surface area contributed by atoms with E-state index < -0.39 is 0 Å². The van der Waals surface area contributed by atoms with Crippen molar-refractivity contribution in [3.8, 4) is 0 Å². The summed E-state index contributed by atoms with van der Waals surface area (Å²) in [6.07, 6.45) is 0.405. The maximum absolute atomic E-state index is 12.1. The molecule has 1 saturated heterocycles. The number of ether oxygens (including phenoxy) is 1. The summed E-state index contributed by atoms with van der Waals surface area (Å²) in [5.41, 5.74) is 2.85. The molecular weight excluding hydrogens is 270 g/mol. The lowest BCUT2D eigenvalue weighted by atomic mass is 10.0. The van der Waals surface area contributed by atoms with Crippen molar-refractivity contribution in [3.05, 3.63) is 29.3 Å². The van der Waals surface area contributed by atoms with E-state index in [1.54, 1.807) is 0 Å². The summed E-state index contributed by atoms with van der Waals surface area (Å²) in [4.78, 5) is 23.5. The Labute approximate surface area is 123 Å². The van der Waals surface area contributed by atoms with Gasteiger partial charge in [0.2, 0.25) is 11.8 Å². The molecule has 3 rings (SSSR count). The molecule has 0 aromatic heterocycles. The minimum Gasteiger partial charge on any atom is -0.378 e. The van der Waals surface area contributed by atoms with E-state index in [1.165, 1.54) is 0 Å². The third-order valence-corrected chi connectivity index (χ3v) is 3.85. The highest BCUT2D eigenvalue weighted by molar-refractivity contribution is 5.99. The molecule has 0 aliphatic carbocycles. The molecule has 6 heteroatoms. The van der Waals surface area contributed by atoms with Crippen molar-refractivity contribution in [3.63, 3.8) is 0 Å². The molecule has 1 aromatic carbocycles. The van der Waals surface area contributed by atoms with Gasteiger partial charge in [0.25, 0.3) is 0 Å². The summed E-state index contributed by atoms with van der Waals surface area (Å²) in [7, 11) is 0. The molecule has 112 valence electrons. The van der Waals surface area contributed by atoms with Gasteiger partial charge in [-0.05, 0) is 24.1 Å². The zero-order chi connectivity index (χ0) is 14.8. The number of fused-ring (bicyclic) bond motifs is 1. The molecule has 6 nitrogen and oxygen atoms in total. The van der Waals surface area contributed by atoms with E-state index in [0.29, 0.717) is 26.2 Å². The fourth-order valence-corrected chi connectivity index (χ4v) is 2.65. The summed E-state index contributed by atoms with van der Waals surface area (Å²) in [6, 6.07) is 5.39. The highest BCUT2D eigenvalue weighted by atomic mass is 16.5. The average Bonchev–Trinajstić information content (AvgIpc) is 2.87. The van der Waals surface area contributed by atoms with Crippen LogP contribution in [0.25, 0.3) is 0 Å². The number of nitrogens with one attached hydrogen (secondary N) is 3. The predicted molar refractivity (Wildman–Crippen MR) is 77.9 cm³/mol. The summed E-state index contributed by atoms with van der Waals surface area (Å²) in [6.45, 7) is 3.68. The number of amides is 2. The zero-order valence-corrected chi connectivity index (χ0v) is 11.9. The van der Waals surface area contributed by atoms with Crippen molar-refractivity contribution in [2.75, 3.05) is 25.1 Å². The van der Waals surface area contributed by atoms with Gasteiger partial charge in [-0.2, -0.15) is 0 Å². The number of carbonyl (C=O) groups excluding carboxylic acids is 2. The van der Waals surface area contributed by atoms with Gasteiger partial charge < -0.3 is 20.7 Å². The molecule has 2 aliphatic rings. The highest BCUT2D eigenvalue weighted by Crippen LogP contribution is 2.26. The van der Waals surface area contributed by atoms with Crippen molar-refractivity contribution < 1.29 is 14.3 Å². The number of rotatable bonds is 3. The smallest absolute Gasteiger partial charge is 0.240 e. The van der Waals surface area contributed by atoms with Crippen molar-refractivity contribution in [1.82, 2.24) is 10.6 Å². The number of hydrogen-bond acceptors (Lipinski definition) is 4. The molecule has 0 bridgehead atoms. The Morgan fingerprint density at radius 3 is 3.10 bits per heavy atom. The van der Waals surface area contributed by atoms with Gasteiger partial charge in [-0.25, -0.2) is 0 Å². The Morgan fingerprint density at radius 2 is 2.33 bits per heavy atom. The second-order valence-electron chi connectivity index (χ2n) is 5.45. The molecule has 2 amide bonds. The Morgan fingerprint density at radius 1 is 1.48 bits per heavy atom. The zero-order valence-electron chi connectivity index (χ0n) is 11.9. The van der Waals surface area contributed by atoms with Crippen LogP contribution in [0.3, 0.4) is 0 Å². The number of carbonyl (C=O) groups is 2. The second-order valence-corrected chi connectivity index (χ2v) is 5.45. The lowest BCUT2D eigenvalue weighted by molar-refractivity contribution is -0.126. The van der Waals surface area contributed by atoms with E-state index in [1.807, 2.05) is 25.1 Å². The van der Waals surface area contributed by atoms with Crippen molar-refractivity contribution >= 4 is 17.5 Å². The third-order valence-electron chi connectivity index (χ3n) is 3.85. The Balaban J connectivity index is 1.65. The lowest BCUT2D eigenvalue weighted by Crippen LogP contribution is -2.51. The topological polar surface area (TPSA) is 79.5 Å². The lowest BCUT2D eigenvalue weighted by Gasteiger charge is -2.25. The molecule has 2 atom stereocenters. The Hall–Kier alpha value is -1.92. The summed E-state index contributed by atoms with van der Waals surface area (Å²) in [5, 5.41) is 8.92.